The molecule has 21 heavy (non-hydrogen) atoms. The molecule has 1 fully saturated rings. The molecule has 1 aromatic heterocycles. The number of carbonyl (C=O) groups is 1. The van der Waals surface area contributed by atoms with Crippen molar-refractivity contribution in [2.45, 2.75) is 44.6 Å². The molecule has 0 amide bonds. The number of esters is 1. The molecule has 1 saturated heterocycles. The molecule has 116 valence electrons. The minimum absolute atomic E-state index is 0.624. The van der Waals surface area contributed by atoms with Gasteiger partial charge in [0.1, 0.15) is 6.10 Å². The van der Waals surface area contributed by atoms with Crippen LogP contribution >= 0.6 is 0 Å². The topological polar surface area (TPSA) is 111 Å². The fourth-order valence-electron chi connectivity index (χ4n) is 2.15. The molecule has 1 aliphatic rings. The Morgan fingerprint density at radius 2 is 2.19 bits per heavy atom. The van der Waals surface area contributed by atoms with Crippen molar-refractivity contribution in [2.75, 3.05) is 0 Å². The Bertz CT molecular complexity index is 641. The largest absolute Gasteiger partial charge is 0.454 e. The van der Waals surface area contributed by atoms with Gasteiger partial charge in [0.05, 0.1) is 6.10 Å². The van der Waals surface area contributed by atoms with E-state index >= 15 is 0 Å². The average molecular weight is 302 g/mol. The molecule has 0 aromatic carbocycles. The number of rotatable bonds is 2. The lowest BCUT2D eigenvalue weighted by Crippen LogP contribution is -2.55. The van der Waals surface area contributed by atoms with Crippen LogP contribution in [0.25, 0.3) is 0 Å². The number of H-pyrrole nitrogens is 1. The highest BCUT2D eigenvalue weighted by Gasteiger charge is 2.47. The van der Waals surface area contributed by atoms with E-state index < -0.39 is 47.9 Å². The van der Waals surface area contributed by atoms with Crippen molar-refractivity contribution in [2.24, 2.45) is 0 Å². The van der Waals surface area contributed by atoms with Crippen LogP contribution in [0, 0.1) is 0 Å². The second-order valence-corrected chi connectivity index (χ2v) is 4.76. The van der Waals surface area contributed by atoms with Crippen LogP contribution in [0.4, 0.5) is 4.39 Å². The lowest BCUT2D eigenvalue weighted by atomic mass is 10.00. The summed E-state index contributed by atoms with van der Waals surface area (Å²) in [6.45, 7) is 2.49. The minimum atomic E-state index is -1.93. The fraction of sp³-hybridized carbons (Fsp3) is 0.583. The number of ether oxygens (including phenoxy) is 2. The molecule has 1 aliphatic heterocycles. The van der Waals surface area contributed by atoms with Gasteiger partial charge in [0.25, 0.3) is 5.56 Å². The van der Waals surface area contributed by atoms with Crippen LogP contribution in [0.15, 0.2) is 21.9 Å². The predicted octanol–water partition coefficient (Wildman–Crippen LogP) is -0.915. The number of halogens is 1. The van der Waals surface area contributed by atoms with Gasteiger partial charge in [-0.15, -0.1) is 0 Å². The number of hydrogen-bond acceptors (Lipinski definition) is 6. The third-order valence-electron chi connectivity index (χ3n) is 3.18. The third kappa shape index (κ3) is 3.03. The molecule has 0 radical (unpaired) electrons. The Hall–Kier alpha value is -2.00. The molecule has 9 heteroatoms. The van der Waals surface area contributed by atoms with E-state index in [1.54, 1.807) is 0 Å². The normalized spacial score (nSPS) is 32.7. The van der Waals surface area contributed by atoms with Crippen molar-refractivity contribution in [3.8, 4) is 0 Å². The first-order valence-corrected chi connectivity index (χ1v) is 6.27. The van der Waals surface area contributed by atoms with Crippen molar-refractivity contribution in [1.29, 1.82) is 0 Å². The van der Waals surface area contributed by atoms with Crippen molar-refractivity contribution < 1.29 is 23.8 Å². The first-order chi connectivity index (χ1) is 9.81. The number of aliphatic hydroxyl groups is 1. The number of aliphatic hydroxyl groups excluding tert-OH is 1. The summed E-state index contributed by atoms with van der Waals surface area (Å²) in [6.07, 6.45) is -6.02. The Kier molecular flexibility index (Phi) is 4.24. The molecule has 0 aliphatic carbocycles. The third-order valence-corrected chi connectivity index (χ3v) is 3.18. The van der Waals surface area contributed by atoms with E-state index in [-0.39, 0.29) is 0 Å². The van der Waals surface area contributed by atoms with E-state index in [4.69, 9.17) is 9.47 Å². The number of aromatic amines is 1. The molecular formula is C12H15FN2O6. The quantitative estimate of drug-likeness (QED) is 0.684. The molecule has 2 N–H and O–H groups in total. The molecule has 2 rings (SSSR count). The number of aromatic nitrogens is 2. The maximum atomic E-state index is 14.2. The van der Waals surface area contributed by atoms with Gasteiger partial charge in [-0.1, -0.05) is 0 Å². The zero-order valence-corrected chi connectivity index (χ0v) is 11.4. The van der Waals surface area contributed by atoms with Crippen LogP contribution in [0.2, 0.25) is 0 Å². The lowest BCUT2D eigenvalue weighted by molar-refractivity contribution is -0.235. The zero-order valence-electron chi connectivity index (χ0n) is 11.4. The number of nitrogens with zero attached hydrogens (tertiary/aromatic N) is 1. The Balaban J connectivity index is 2.43. The summed E-state index contributed by atoms with van der Waals surface area (Å²) in [5, 5.41) is 9.67. The van der Waals surface area contributed by atoms with Gasteiger partial charge in [0.2, 0.25) is 0 Å². The highest BCUT2D eigenvalue weighted by molar-refractivity contribution is 5.66. The van der Waals surface area contributed by atoms with Gasteiger partial charge in [0.15, 0.2) is 18.5 Å². The molecule has 5 atom stereocenters. The maximum absolute atomic E-state index is 14.2. The second kappa shape index (κ2) is 5.78. The molecule has 0 unspecified atom stereocenters. The molecule has 2 heterocycles. The summed E-state index contributed by atoms with van der Waals surface area (Å²) in [6, 6.07) is 1.05. The zero-order chi connectivity index (χ0) is 15.7. The van der Waals surface area contributed by atoms with E-state index in [2.05, 4.69) is 0 Å². The van der Waals surface area contributed by atoms with Gasteiger partial charge in [-0.3, -0.25) is 19.1 Å². The maximum Gasteiger partial charge on any atom is 0.330 e. The molecule has 0 spiro atoms. The Morgan fingerprint density at radius 3 is 2.76 bits per heavy atom. The van der Waals surface area contributed by atoms with Crippen LogP contribution in [-0.4, -0.2) is 45.1 Å². The highest BCUT2D eigenvalue weighted by atomic mass is 19.1. The number of nitrogens with one attached hydrogen (secondary N) is 1. The molecular weight excluding hydrogens is 287 g/mol. The number of alkyl halides is 1. The lowest BCUT2D eigenvalue weighted by Gasteiger charge is -2.40. The van der Waals surface area contributed by atoms with Crippen LogP contribution in [0.3, 0.4) is 0 Å². The van der Waals surface area contributed by atoms with Crippen molar-refractivity contribution in [1.82, 2.24) is 9.55 Å². The first kappa shape index (κ1) is 15.4. The van der Waals surface area contributed by atoms with Gasteiger partial charge in [-0.25, -0.2) is 9.18 Å². The molecule has 0 saturated carbocycles. The van der Waals surface area contributed by atoms with Crippen molar-refractivity contribution >= 4 is 5.97 Å². The SMILES string of the molecule is CC(=O)O[C@@H]1[C@@H](F)[C@H](O)[C@@H](C)O[C@H]1n1ccc(=O)[nH]c1=O. The van der Waals surface area contributed by atoms with Crippen LogP contribution in [0.5, 0.6) is 0 Å². The summed E-state index contributed by atoms with van der Waals surface area (Å²) >= 11 is 0. The Morgan fingerprint density at radius 1 is 1.52 bits per heavy atom. The van der Waals surface area contributed by atoms with E-state index in [9.17, 15) is 23.9 Å². The molecule has 8 nitrogen and oxygen atoms in total. The van der Waals surface area contributed by atoms with Crippen molar-refractivity contribution in [3.63, 3.8) is 0 Å². The van der Waals surface area contributed by atoms with Crippen LogP contribution < -0.4 is 11.2 Å². The monoisotopic (exact) mass is 302 g/mol. The van der Waals surface area contributed by atoms with Gasteiger partial charge < -0.3 is 14.6 Å². The smallest absolute Gasteiger partial charge is 0.330 e. The van der Waals surface area contributed by atoms with Crippen LogP contribution in [0.1, 0.15) is 20.1 Å². The highest BCUT2D eigenvalue weighted by Crippen LogP contribution is 2.31. The summed E-state index contributed by atoms with van der Waals surface area (Å²) in [4.78, 5) is 35.9. The average Bonchev–Trinajstić information content (AvgIpc) is 2.39. The standard InChI is InChI=1S/C12H15FN2O6/c1-5-9(18)8(13)10(21-6(2)16)11(20-5)15-4-3-7(17)14-12(15)19/h3-5,8-11,18H,1-2H3,(H,14,17,19)/t5-,8+,9-,10-,11-/m1/s1. The van der Waals surface area contributed by atoms with E-state index in [1.165, 1.54) is 6.92 Å². The summed E-state index contributed by atoms with van der Waals surface area (Å²) in [7, 11) is 0. The molecule has 1 aromatic rings. The number of carbonyl (C=O) groups excluding carboxylic acids is 1. The van der Waals surface area contributed by atoms with Crippen LogP contribution in [-0.2, 0) is 14.3 Å². The van der Waals surface area contributed by atoms with Crippen molar-refractivity contribution in [3.05, 3.63) is 33.1 Å². The van der Waals surface area contributed by atoms with Gasteiger partial charge >= 0.3 is 11.7 Å². The summed E-state index contributed by atoms with van der Waals surface area (Å²) in [5.74, 6) is -0.782. The first-order valence-electron chi connectivity index (χ1n) is 6.27. The van der Waals surface area contributed by atoms with Gasteiger partial charge in [-0.05, 0) is 6.92 Å². The van der Waals surface area contributed by atoms with E-state index in [0.717, 1.165) is 23.8 Å². The van der Waals surface area contributed by atoms with E-state index in [1.807, 2.05) is 4.98 Å². The second-order valence-electron chi connectivity index (χ2n) is 4.76. The van der Waals surface area contributed by atoms with Gasteiger partial charge in [-0.2, -0.15) is 0 Å². The van der Waals surface area contributed by atoms with E-state index in [0.29, 0.717) is 0 Å². The Labute approximate surface area is 118 Å². The van der Waals surface area contributed by atoms with Gasteiger partial charge in [0, 0.05) is 19.2 Å². The predicted molar refractivity (Wildman–Crippen MR) is 67.4 cm³/mol. The summed E-state index contributed by atoms with van der Waals surface area (Å²) < 4.78 is 25.3. The summed E-state index contributed by atoms with van der Waals surface area (Å²) in [5.41, 5.74) is -1.46. The number of hydrogen-bond donors (Lipinski definition) is 2. The fourth-order valence-corrected chi connectivity index (χ4v) is 2.15. The minimum Gasteiger partial charge on any atom is -0.454 e. The molecule has 0 bridgehead atoms.